The quantitative estimate of drug-likeness (QED) is 0.551. The first-order valence-corrected chi connectivity index (χ1v) is 4.36. The van der Waals surface area contributed by atoms with Crippen molar-refractivity contribution in [3.63, 3.8) is 0 Å². The first kappa shape index (κ1) is 9.21. The molecule has 0 bridgehead atoms. The summed E-state index contributed by atoms with van der Waals surface area (Å²) in [5.41, 5.74) is 0. The number of carbonyl (C=O) groups excluding carboxylic acids is 2. The van der Waals surface area contributed by atoms with Crippen LogP contribution in [0.1, 0.15) is 6.42 Å². The van der Waals surface area contributed by atoms with Gasteiger partial charge in [0.2, 0.25) is 5.91 Å². The summed E-state index contributed by atoms with van der Waals surface area (Å²) < 4.78 is 0. The van der Waals surface area contributed by atoms with E-state index >= 15 is 0 Å². The van der Waals surface area contributed by atoms with Gasteiger partial charge < -0.3 is 10.4 Å². The maximum absolute atomic E-state index is 10.8. The van der Waals surface area contributed by atoms with Crippen molar-refractivity contribution in [1.82, 2.24) is 5.32 Å². The Kier molecular flexibility index (Phi) is 3.24. The Balaban J connectivity index is 2.52. The number of hydrogen-bond acceptors (Lipinski definition) is 4. The Morgan fingerprint density at radius 3 is 2.92 bits per heavy atom. The largest absolute Gasteiger partial charge is 0.396 e. The highest BCUT2D eigenvalue weighted by Gasteiger charge is 2.17. The number of amidine groups is 1. The van der Waals surface area contributed by atoms with Crippen molar-refractivity contribution in [2.75, 3.05) is 12.4 Å². The van der Waals surface area contributed by atoms with Crippen LogP contribution in [0.15, 0.2) is 4.99 Å². The first-order valence-electron chi connectivity index (χ1n) is 3.37. The van der Waals surface area contributed by atoms with Crippen LogP contribution in [0.25, 0.3) is 0 Å². The highest BCUT2D eigenvalue weighted by Crippen LogP contribution is 2.05. The van der Waals surface area contributed by atoms with Crippen LogP contribution in [-0.2, 0) is 9.59 Å². The lowest BCUT2D eigenvalue weighted by molar-refractivity contribution is -0.127. The van der Waals surface area contributed by atoms with Gasteiger partial charge in [0.15, 0.2) is 5.17 Å². The molecule has 12 heavy (non-hydrogen) atoms. The minimum Gasteiger partial charge on any atom is -0.396 e. The molecular formula is C6H8N2O3S. The molecule has 1 aliphatic rings. The van der Waals surface area contributed by atoms with E-state index in [1.54, 1.807) is 0 Å². The fourth-order valence-electron chi connectivity index (χ4n) is 0.692. The molecule has 0 radical (unpaired) electrons. The van der Waals surface area contributed by atoms with Crippen molar-refractivity contribution in [3.8, 4) is 0 Å². The summed E-state index contributed by atoms with van der Waals surface area (Å²) in [7, 11) is 0. The van der Waals surface area contributed by atoms with Gasteiger partial charge >= 0.3 is 0 Å². The number of aliphatic hydroxyl groups is 1. The molecule has 5 nitrogen and oxygen atoms in total. The van der Waals surface area contributed by atoms with Gasteiger partial charge in [-0.1, -0.05) is 11.8 Å². The highest BCUT2D eigenvalue weighted by molar-refractivity contribution is 8.13. The van der Waals surface area contributed by atoms with Crippen LogP contribution in [-0.4, -0.2) is 34.4 Å². The molecule has 0 atom stereocenters. The van der Waals surface area contributed by atoms with Crippen molar-refractivity contribution >= 4 is 28.7 Å². The normalized spacial score (nSPS) is 17.2. The van der Waals surface area contributed by atoms with Gasteiger partial charge in [0.1, 0.15) is 6.42 Å². The second-order valence-electron chi connectivity index (χ2n) is 2.11. The maximum Gasteiger partial charge on any atom is 0.257 e. The number of aliphatic hydroxyl groups excluding tert-OH is 1. The smallest absolute Gasteiger partial charge is 0.257 e. The number of amides is 2. The molecule has 1 aliphatic heterocycles. The Labute approximate surface area is 73.2 Å². The van der Waals surface area contributed by atoms with E-state index in [0.717, 1.165) is 11.8 Å². The number of rotatable bonds is 2. The molecule has 1 rings (SSSR count). The van der Waals surface area contributed by atoms with Crippen LogP contribution in [0.5, 0.6) is 0 Å². The van der Waals surface area contributed by atoms with E-state index in [1.165, 1.54) is 0 Å². The SMILES string of the molecule is O=C1CC(=O)NC(SCCO)=N1. The van der Waals surface area contributed by atoms with Crippen LogP contribution < -0.4 is 5.32 Å². The van der Waals surface area contributed by atoms with Gasteiger partial charge in [0.05, 0.1) is 6.61 Å². The number of hydrogen-bond donors (Lipinski definition) is 2. The van der Waals surface area contributed by atoms with Gasteiger partial charge in [-0.2, -0.15) is 4.99 Å². The minimum atomic E-state index is -0.431. The lowest BCUT2D eigenvalue weighted by atomic mass is 10.4. The number of nitrogens with zero attached hydrogens (tertiary/aromatic N) is 1. The van der Waals surface area contributed by atoms with E-state index in [9.17, 15) is 9.59 Å². The van der Waals surface area contributed by atoms with Crippen LogP contribution in [0.2, 0.25) is 0 Å². The molecule has 66 valence electrons. The molecule has 6 heteroatoms. The van der Waals surface area contributed by atoms with Gasteiger partial charge in [-0.25, -0.2) is 0 Å². The highest BCUT2D eigenvalue weighted by atomic mass is 32.2. The van der Waals surface area contributed by atoms with Crippen LogP contribution >= 0.6 is 11.8 Å². The van der Waals surface area contributed by atoms with Gasteiger partial charge in [-0.3, -0.25) is 9.59 Å². The van der Waals surface area contributed by atoms with Gasteiger partial charge in [0.25, 0.3) is 5.91 Å². The molecule has 0 aromatic rings. The van der Waals surface area contributed by atoms with E-state index in [2.05, 4.69) is 10.3 Å². The van der Waals surface area contributed by atoms with Crippen molar-refractivity contribution < 1.29 is 14.7 Å². The number of carbonyl (C=O) groups is 2. The van der Waals surface area contributed by atoms with Crippen molar-refractivity contribution in [1.29, 1.82) is 0 Å². The molecular weight excluding hydrogens is 180 g/mol. The molecule has 0 unspecified atom stereocenters. The zero-order valence-corrected chi connectivity index (χ0v) is 7.06. The summed E-state index contributed by atoms with van der Waals surface area (Å²) in [5.74, 6) is -0.346. The van der Waals surface area contributed by atoms with E-state index in [4.69, 9.17) is 5.11 Å². The molecule has 0 aromatic heterocycles. The first-order chi connectivity index (χ1) is 5.72. The summed E-state index contributed by atoms with van der Waals surface area (Å²) in [5, 5.41) is 11.2. The zero-order chi connectivity index (χ0) is 8.97. The third-order valence-electron chi connectivity index (χ3n) is 1.11. The predicted octanol–water partition coefficient (Wildman–Crippen LogP) is -0.886. The van der Waals surface area contributed by atoms with Crippen LogP contribution in [0.4, 0.5) is 0 Å². The molecule has 2 amide bonds. The van der Waals surface area contributed by atoms with Crippen molar-refractivity contribution in [2.45, 2.75) is 6.42 Å². The molecule has 0 saturated heterocycles. The predicted molar refractivity (Wildman–Crippen MR) is 44.7 cm³/mol. The van der Waals surface area contributed by atoms with Crippen LogP contribution in [0, 0.1) is 0 Å². The Bertz CT molecular complexity index is 239. The van der Waals surface area contributed by atoms with Crippen LogP contribution in [0.3, 0.4) is 0 Å². The number of thioether (sulfide) groups is 1. The Hall–Kier alpha value is -0.880. The fraction of sp³-hybridized carbons (Fsp3) is 0.500. The summed E-state index contributed by atoms with van der Waals surface area (Å²) in [4.78, 5) is 25.0. The molecule has 1 heterocycles. The zero-order valence-electron chi connectivity index (χ0n) is 6.24. The van der Waals surface area contributed by atoms with Crippen molar-refractivity contribution in [3.05, 3.63) is 0 Å². The van der Waals surface area contributed by atoms with E-state index in [0.29, 0.717) is 5.75 Å². The minimum absolute atomic E-state index is 0.00620. The monoisotopic (exact) mass is 188 g/mol. The summed E-state index contributed by atoms with van der Waals surface area (Å²) in [6.07, 6.45) is -0.177. The number of nitrogens with one attached hydrogen (secondary N) is 1. The van der Waals surface area contributed by atoms with Gasteiger partial charge in [0, 0.05) is 5.75 Å². The molecule has 0 fully saturated rings. The third kappa shape index (κ3) is 2.63. The summed E-state index contributed by atoms with van der Waals surface area (Å²) in [6.45, 7) is -0.00620. The van der Waals surface area contributed by atoms with E-state index in [-0.39, 0.29) is 24.1 Å². The average molecular weight is 188 g/mol. The fourth-order valence-corrected chi connectivity index (χ4v) is 1.33. The van der Waals surface area contributed by atoms with Crippen molar-refractivity contribution in [2.24, 2.45) is 4.99 Å². The topological polar surface area (TPSA) is 78.8 Å². The second kappa shape index (κ2) is 4.22. The molecule has 2 N–H and O–H groups in total. The molecule has 0 aliphatic carbocycles. The number of aliphatic imine (C=N–C) groups is 1. The second-order valence-corrected chi connectivity index (χ2v) is 3.19. The molecule has 0 saturated carbocycles. The summed E-state index contributed by atoms with van der Waals surface area (Å²) in [6, 6.07) is 0. The average Bonchev–Trinajstić information content (AvgIpc) is 1.99. The summed E-state index contributed by atoms with van der Waals surface area (Å²) >= 11 is 1.15. The third-order valence-corrected chi connectivity index (χ3v) is 1.97. The lowest BCUT2D eigenvalue weighted by Crippen LogP contribution is -2.35. The molecule has 0 spiro atoms. The van der Waals surface area contributed by atoms with Gasteiger partial charge in [-0.15, -0.1) is 0 Å². The maximum atomic E-state index is 10.8. The lowest BCUT2D eigenvalue weighted by Gasteiger charge is -2.10. The van der Waals surface area contributed by atoms with Gasteiger partial charge in [-0.05, 0) is 0 Å². The van der Waals surface area contributed by atoms with E-state index < -0.39 is 5.91 Å². The molecule has 0 aromatic carbocycles. The standard InChI is InChI=1S/C6H8N2O3S/c9-1-2-12-6-7-4(10)3-5(11)8-6/h9H,1-3H2,(H,7,8,10,11). The Morgan fingerprint density at radius 1 is 1.58 bits per heavy atom. The van der Waals surface area contributed by atoms with E-state index in [1.807, 2.05) is 0 Å². The Morgan fingerprint density at radius 2 is 2.33 bits per heavy atom.